The minimum absolute atomic E-state index is 0.00342. The van der Waals surface area contributed by atoms with Gasteiger partial charge in [0.1, 0.15) is 5.75 Å². The van der Waals surface area contributed by atoms with Gasteiger partial charge in [0.05, 0.1) is 30.3 Å². The Kier molecular flexibility index (Phi) is 8.39. The van der Waals surface area contributed by atoms with Gasteiger partial charge in [-0.2, -0.15) is 8.42 Å². The van der Waals surface area contributed by atoms with Crippen LogP contribution in [0, 0.1) is 6.92 Å². The lowest BCUT2D eigenvalue weighted by Gasteiger charge is -2.14. The second-order valence-electron chi connectivity index (χ2n) is 8.36. The summed E-state index contributed by atoms with van der Waals surface area (Å²) in [6.07, 6.45) is 1.01. The van der Waals surface area contributed by atoms with Crippen LogP contribution in [0.1, 0.15) is 25.0 Å². The number of nitrogens with zero attached hydrogens (tertiary/aromatic N) is 4. The molecule has 3 aromatic rings. The van der Waals surface area contributed by atoms with E-state index in [4.69, 9.17) is 20.9 Å². The number of hydrogen-bond donors (Lipinski definition) is 1. The van der Waals surface area contributed by atoms with Crippen molar-refractivity contribution in [2.75, 3.05) is 0 Å². The van der Waals surface area contributed by atoms with Crippen molar-refractivity contribution in [3.05, 3.63) is 96.7 Å². The predicted molar refractivity (Wildman–Crippen MR) is 137 cm³/mol. The van der Waals surface area contributed by atoms with Gasteiger partial charge in [-0.05, 0) is 62.2 Å². The largest absolute Gasteiger partial charge is 0.491 e. The maximum absolute atomic E-state index is 13.4. The molecule has 0 bridgehead atoms. The fraction of sp³-hybridized carbons (Fsp3) is 0.292. The second-order valence-corrected chi connectivity index (χ2v) is 10.1. The molecular weight excluding hydrogens is 508 g/mol. The number of allylic oxidation sites excluding steroid dienone is 1. The first-order valence-electron chi connectivity index (χ1n) is 11.0. The monoisotopic (exact) mass is 534 g/mol. The van der Waals surface area contributed by atoms with E-state index in [1.54, 1.807) is 42.5 Å². The van der Waals surface area contributed by atoms with Crippen molar-refractivity contribution < 1.29 is 17.7 Å². The molecule has 0 amide bonds. The molecule has 0 unspecified atom stereocenters. The molecule has 0 saturated heterocycles. The summed E-state index contributed by atoms with van der Waals surface area (Å²) in [7, 11) is -2.95. The molecule has 10 nitrogen and oxygen atoms in total. The SMILES string of the molecule is Cc1cc(N=c2n(C)c(=O)n(C/C=C/S(=O)(=O)O)c(=O)n2Cc2ccc(Cl)cc2)ccc1OC(C)C. The van der Waals surface area contributed by atoms with Gasteiger partial charge in [-0.15, -0.1) is 0 Å². The van der Waals surface area contributed by atoms with E-state index in [-0.39, 0.29) is 24.8 Å². The zero-order chi connectivity index (χ0) is 26.6. The lowest BCUT2D eigenvalue weighted by molar-refractivity contribution is 0.241. The molecule has 0 aliphatic heterocycles. The van der Waals surface area contributed by atoms with Crippen LogP contribution in [0.5, 0.6) is 5.75 Å². The number of aromatic nitrogens is 3. The molecular formula is C24H27ClN4O6S. The van der Waals surface area contributed by atoms with Crippen molar-refractivity contribution >= 4 is 27.4 Å². The summed E-state index contributed by atoms with van der Waals surface area (Å²) in [6.45, 7) is 5.42. The van der Waals surface area contributed by atoms with Crippen molar-refractivity contribution in [2.24, 2.45) is 12.0 Å². The first-order chi connectivity index (χ1) is 16.9. The Balaban J connectivity index is 2.22. The van der Waals surface area contributed by atoms with Crippen molar-refractivity contribution in [3.63, 3.8) is 0 Å². The summed E-state index contributed by atoms with van der Waals surface area (Å²) in [4.78, 5) is 31.0. The first kappa shape index (κ1) is 27.2. The van der Waals surface area contributed by atoms with Gasteiger partial charge in [-0.1, -0.05) is 29.8 Å². The van der Waals surface area contributed by atoms with Crippen LogP contribution in [-0.4, -0.2) is 32.8 Å². The van der Waals surface area contributed by atoms with Crippen LogP contribution in [0.3, 0.4) is 0 Å². The van der Waals surface area contributed by atoms with Gasteiger partial charge >= 0.3 is 11.4 Å². The van der Waals surface area contributed by atoms with E-state index in [0.717, 1.165) is 21.8 Å². The van der Waals surface area contributed by atoms with E-state index in [9.17, 15) is 18.0 Å². The summed E-state index contributed by atoms with van der Waals surface area (Å²) in [5, 5.41) is 1.05. The molecule has 0 spiro atoms. The summed E-state index contributed by atoms with van der Waals surface area (Å²) in [5.74, 6) is 0.702. The van der Waals surface area contributed by atoms with Gasteiger partial charge in [0.2, 0.25) is 5.62 Å². The van der Waals surface area contributed by atoms with Crippen LogP contribution < -0.4 is 21.7 Å². The molecule has 1 N–H and O–H groups in total. The van der Waals surface area contributed by atoms with E-state index in [0.29, 0.717) is 21.9 Å². The Labute approximate surface area is 213 Å². The summed E-state index contributed by atoms with van der Waals surface area (Å²) in [5.41, 5.74) is 0.751. The highest BCUT2D eigenvalue weighted by Gasteiger charge is 2.13. The average molecular weight is 535 g/mol. The van der Waals surface area contributed by atoms with E-state index < -0.39 is 21.5 Å². The zero-order valence-electron chi connectivity index (χ0n) is 20.3. The van der Waals surface area contributed by atoms with Crippen molar-refractivity contribution in [2.45, 2.75) is 40.0 Å². The Morgan fingerprint density at radius 3 is 2.33 bits per heavy atom. The number of ether oxygens (including phenoxy) is 1. The molecule has 12 heteroatoms. The van der Waals surface area contributed by atoms with Gasteiger partial charge in [0.25, 0.3) is 10.1 Å². The summed E-state index contributed by atoms with van der Waals surface area (Å²) < 4.78 is 40.1. The third-order valence-electron chi connectivity index (χ3n) is 5.08. The minimum Gasteiger partial charge on any atom is -0.491 e. The van der Waals surface area contributed by atoms with Crippen molar-refractivity contribution in [1.29, 1.82) is 0 Å². The third-order valence-corrected chi connectivity index (χ3v) is 5.87. The Hall–Kier alpha value is -3.41. The number of hydrogen-bond acceptors (Lipinski definition) is 6. The van der Waals surface area contributed by atoms with Crippen molar-refractivity contribution in [3.8, 4) is 5.75 Å². The molecule has 0 atom stereocenters. The van der Waals surface area contributed by atoms with Gasteiger partial charge in [0, 0.05) is 12.1 Å². The van der Waals surface area contributed by atoms with E-state index in [1.165, 1.54) is 16.2 Å². The quantitative estimate of drug-likeness (QED) is 0.443. The van der Waals surface area contributed by atoms with Gasteiger partial charge in [0.15, 0.2) is 0 Å². The molecule has 3 rings (SSSR count). The highest BCUT2D eigenvalue weighted by molar-refractivity contribution is 7.88. The van der Waals surface area contributed by atoms with Crippen LogP contribution in [-0.2, 0) is 30.3 Å². The Morgan fingerprint density at radius 1 is 1.08 bits per heavy atom. The average Bonchev–Trinajstić information content (AvgIpc) is 2.79. The predicted octanol–water partition coefficient (Wildman–Crippen LogP) is 2.78. The van der Waals surface area contributed by atoms with Gasteiger partial charge < -0.3 is 4.74 Å². The molecule has 1 aromatic heterocycles. The maximum Gasteiger partial charge on any atom is 0.335 e. The Morgan fingerprint density at radius 2 is 1.75 bits per heavy atom. The summed E-state index contributed by atoms with van der Waals surface area (Å²) >= 11 is 5.98. The zero-order valence-corrected chi connectivity index (χ0v) is 21.8. The molecule has 0 fully saturated rings. The number of aryl methyl sites for hydroxylation is 1. The molecule has 36 heavy (non-hydrogen) atoms. The number of rotatable bonds is 8. The number of halogens is 1. The molecule has 0 radical (unpaired) electrons. The van der Waals surface area contributed by atoms with Crippen LogP contribution in [0.25, 0.3) is 0 Å². The topological polar surface area (TPSA) is 125 Å². The lowest BCUT2D eigenvalue weighted by atomic mass is 10.2. The van der Waals surface area contributed by atoms with Crippen LogP contribution >= 0.6 is 11.6 Å². The Bertz CT molecular complexity index is 1580. The second kappa shape index (κ2) is 11.1. The third kappa shape index (κ3) is 6.84. The first-order valence-corrected chi connectivity index (χ1v) is 12.8. The summed E-state index contributed by atoms with van der Waals surface area (Å²) in [6, 6.07) is 12.1. The number of benzene rings is 2. The van der Waals surface area contributed by atoms with Crippen molar-refractivity contribution in [1.82, 2.24) is 13.7 Å². The van der Waals surface area contributed by atoms with E-state index in [1.807, 2.05) is 20.8 Å². The molecule has 192 valence electrons. The lowest BCUT2D eigenvalue weighted by Crippen LogP contribution is -2.54. The molecule has 1 heterocycles. The smallest absolute Gasteiger partial charge is 0.335 e. The normalized spacial score (nSPS) is 12.6. The van der Waals surface area contributed by atoms with E-state index in [2.05, 4.69) is 4.99 Å². The molecule has 2 aromatic carbocycles. The fourth-order valence-corrected chi connectivity index (χ4v) is 3.89. The molecule has 0 saturated carbocycles. The van der Waals surface area contributed by atoms with E-state index >= 15 is 0 Å². The standard InChI is InChI=1S/C24H27ClN4O6S/c1-16(2)35-21-11-10-20(14-17(21)3)26-22-27(4)23(30)28(12-5-13-36(32,33)34)24(31)29(22)15-18-6-8-19(25)9-7-18/h5-11,13-14,16H,12,15H2,1-4H3,(H,32,33,34)/b13-5+,26-22?. The molecule has 0 aliphatic rings. The minimum atomic E-state index is -4.41. The van der Waals surface area contributed by atoms with Crippen LogP contribution in [0.2, 0.25) is 5.02 Å². The highest BCUT2D eigenvalue weighted by Crippen LogP contribution is 2.24. The van der Waals surface area contributed by atoms with Crippen LogP contribution in [0.15, 0.2) is 68.5 Å². The van der Waals surface area contributed by atoms with Crippen LogP contribution in [0.4, 0.5) is 5.69 Å². The molecule has 0 aliphatic carbocycles. The fourth-order valence-electron chi connectivity index (χ4n) is 3.44. The van der Waals surface area contributed by atoms with Gasteiger partial charge in [-0.25, -0.2) is 19.1 Å². The highest BCUT2D eigenvalue weighted by atomic mass is 35.5. The maximum atomic E-state index is 13.4. The van der Waals surface area contributed by atoms with Gasteiger partial charge in [-0.3, -0.25) is 13.7 Å².